The lowest BCUT2D eigenvalue weighted by atomic mass is 9.94. The van der Waals surface area contributed by atoms with Gasteiger partial charge in [-0.3, -0.25) is 0 Å². The van der Waals surface area contributed by atoms with Gasteiger partial charge in [0.05, 0.1) is 17.2 Å². The Bertz CT molecular complexity index is 418. The van der Waals surface area contributed by atoms with Gasteiger partial charge >= 0.3 is 0 Å². The molecule has 0 spiro atoms. The molecule has 1 atom stereocenters. The second-order valence-corrected chi connectivity index (χ2v) is 6.10. The van der Waals surface area contributed by atoms with Gasteiger partial charge in [0.1, 0.15) is 11.0 Å². The number of nitrogens with zero attached hydrogens (tertiary/aromatic N) is 1. The average molecular weight is 255 g/mol. The van der Waals surface area contributed by atoms with Crippen molar-refractivity contribution in [3.05, 3.63) is 23.4 Å². The van der Waals surface area contributed by atoms with Crippen molar-refractivity contribution >= 4 is 17.4 Å². The third kappa shape index (κ3) is 2.90. The molecule has 17 heavy (non-hydrogen) atoms. The van der Waals surface area contributed by atoms with Crippen molar-refractivity contribution in [2.75, 3.05) is 5.32 Å². The predicted octanol–water partition coefficient (Wildman–Crippen LogP) is 3.49. The summed E-state index contributed by atoms with van der Waals surface area (Å²) in [6.07, 6.45) is 0.953. The van der Waals surface area contributed by atoms with E-state index in [4.69, 9.17) is 16.3 Å². The summed E-state index contributed by atoms with van der Waals surface area (Å²) in [5.74, 6) is 0.803. The van der Waals surface area contributed by atoms with Gasteiger partial charge in [-0.25, -0.2) is 4.98 Å². The highest BCUT2D eigenvalue weighted by Gasteiger charge is 2.45. The van der Waals surface area contributed by atoms with Crippen LogP contribution in [0.15, 0.2) is 18.2 Å². The van der Waals surface area contributed by atoms with E-state index in [-0.39, 0.29) is 17.2 Å². The molecule has 1 saturated heterocycles. The van der Waals surface area contributed by atoms with Gasteiger partial charge < -0.3 is 10.1 Å². The first-order valence-corrected chi connectivity index (χ1v) is 6.26. The first kappa shape index (κ1) is 12.7. The number of anilines is 1. The lowest BCUT2D eigenvalue weighted by Crippen LogP contribution is -2.38. The van der Waals surface area contributed by atoms with E-state index in [1.165, 1.54) is 0 Å². The monoisotopic (exact) mass is 254 g/mol. The van der Waals surface area contributed by atoms with Crippen LogP contribution in [0.5, 0.6) is 0 Å². The molecule has 1 aromatic heterocycles. The Hall–Kier alpha value is -0.800. The molecule has 1 unspecified atom stereocenters. The van der Waals surface area contributed by atoms with Crippen molar-refractivity contribution in [3.63, 3.8) is 0 Å². The molecule has 0 saturated carbocycles. The maximum absolute atomic E-state index is 6.03. The quantitative estimate of drug-likeness (QED) is 0.821. The molecule has 0 amide bonds. The van der Waals surface area contributed by atoms with Crippen LogP contribution in [0.1, 0.15) is 34.1 Å². The first-order valence-electron chi connectivity index (χ1n) is 5.88. The maximum atomic E-state index is 6.03. The summed E-state index contributed by atoms with van der Waals surface area (Å²) in [6, 6.07) is 5.83. The molecule has 0 aromatic carbocycles. The molecule has 0 radical (unpaired) electrons. The second-order valence-electron chi connectivity index (χ2n) is 5.71. The van der Waals surface area contributed by atoms with E-state index in [9.17, 15) is 0 Å². The highest BCUT2D eigenvalue weighted by molar-refractivity contribution is 6.29. The van der Waals surface area contributed by atoms with Crippen LogP contribution in [0.3, 0.4) is 0 Å². The Morgan fingerprint density at radius 3 is 2.59 bits per heavy atom. The van der Waals surface area contributed by atoms with E-state index in [1.54, 1.807) is 6.07 Å². The average Bonchev–Trinajstić information content (AvgIpc) is 2.34. The summed E-state index contributed by atoms with van der Waals surface area (Å²) in [5, 5.41) is 3.91. The van der Waals surface area contributed by atoms with Crippen molar-refractivity contribution in [1.29, 1.82) is 0 Å². The predicted molar refractivity (Wildman–Crippen MR) is 70.5 cm³/mol. The van der Waals surface area contributed by atoms with Gasteiger partial charge in [0.25, 0.3) is 0 Å². The number of aromatic nitrogens is 1. The summed E-state index contributed by atoms with van der Waals surface area (Å²) in [7, 11) is 0. The number of rotatable bonds is 2. The van der Waals surface area contributed by atoms with Gasteiger partial charge in [-0.2, -0.15) is 0 Å². The standard InChI is InChI=1S/C13H19ClN2O/c1-12(2)8-9(13(3,4)17-12)15-11-7-5-6-10(14)16-11/h5-7,9H,8H2,1-4H3,(H,15,16). The summed E-state index contributed by atoms with van der Waals surface area (Å²) in [5.41, 5.74) is -0.298. The summed E-state index contributed by atoms with van der Waals surface area (Å²) in [6.45, 7) is 8.43. The first-order chi connectivity index (χ1) is 7.78. The van der Waals surface area contributed by atoms with Gasteiger partial charge in [-0.05, 0) is 46.2 Å². The molecular formula is C13H19ClN2O. The van der Waals surface area contributed by atoms with E-state index >= 15 is 0 Å². The Balaban J connectivity index is 2.14. The van der Waals surface area contributed by atoms with Crippen LogP contribution in [0.4, 0.5) is 5.82 Å². The van der Waals surface area contributed by atoms with Crippen molar-refractivity contribution in [2.24, 2.45) is 0 Å². The highest BCUT2D eigenvalue weighted by atomic mass is 35.5. The number of hydrogen-bond acceptors (Lipinski definition) is 3. The van der Waals surface area contributed by atoms with Crippen LogP contribution >= 0.6 is 11.6 Å². The lowest BCUT2D eigenvalue weighted by Gasteiger charge is -2.28. The van der Waals surface area contributed by atoms with Gasteiger partial charge in [0, 0.05) is 0 Å². The SMILES string of the molecule is CC1(C)CC(Nc2cccc(Cl)n2)C(C)(C)O1. The van der Waals surface area contributed by atoms with Gasteiger partial charge in [-0.15, -0.1) is 0 Å². The molecule has 1 aliphatic heterocycles. The number of hydrogen-bond donors (Lipinski definition) is 1. The van der Waals surface area contributed by atoms with Crippen molar-refractivity contribution in [2.45, 2.75) is 51.4 Å². The largest absolute Gasteiger partial charge is 0.367 e. The zero-order chi connectivity index (χ0) is 12.7. The van der Waals surface area contributed by atoms with Gasteiger partial charge in [0.15, 0.2) is 0 Å². The minimum atomic E-state index is -0.201. The molecule has 2 heterocycles. The molecule has 1 N–H and O–H groups in total. The third-order valence-electron chi connectivity index (χ3n) is 3.11. The molecular weight excluding hydrogens is 236 g/mol. The molecule has 1 fully saturated rings. The fourth-order valence-corrected chi connectivity index (χ4v) is 2.62. The minimum absolute atomic E-state index is 0.0975. The molecule has 94 valence electrons. The fourth-order valence-electron chi connectivity index (χ4n) is 2.45. The highest BCUT2D eigenvalue weighted by Crippen LogP contribution is 2.38. The summed E-state index contributed by atoms with van der Waals surface area (Å²) in [4.78, 5) is 4.25. The normalized spacial score (nSPS) is 25.8. The molecule has 0 aliphatic carbocycles. The van der Waals surface area contributed by atoms with E-state index in [1.807, 2.05) is 12.1 Å². The Kier molecular flexibility index (Phi) is 3.08. The Labute approximate surface area is 108 Å². The van der Waals surface area contributed by atoms with E-state index < -0.39 is 0 Å². The topological polar surface area (TPSA) is 34.2 Å². The van der Waals surface area contributed by atoms with Crippen molar-refractivity contribution < 1.29 is 4.74 Å². The molecule has 4 heteroatoms. The fraction of sp³-hybridized carbons (Fsp3) is 0.615. The summed E-state index contributed by atoms with van der Waals surface area (Å²) >= 11 is 5.88. The zero-order valence-electron chi connectivity index (χ0n) is 10.7. The number of ether oxygens (including phenoxy) is 1. The smallest absolute Gasteiger partial charge is 0.131 e. The summed E-state index contributed by atoms with van der Waals surface area (Å²) < 4.78 is 6.03. The Morgan fingerprint density at radius 1 is 1.35 bits per heavy atom. The van der Waals surface area contributed by atoms with Crippen LogP contribution in [0.25, 0.3) is 0 Å². The number of halogens is 1. The minimum Gasteiger partial charge on any atom is -0.367 e. The van der Waals surface area contributed by atoms with Crippen molar-refractivity contribution in [3.8, 4) is 0 Å². The van der Waals surface area contributed by atoms with Gasteiger partial charge in [0.2, 0.25) is 0 Å². The molecule has 0 bridgehead atoms. The van der Waals surface area contributed by atoms with Crippen LogP contribution in [0.2, 0.25) is 5.15 Å². The van der Waals surface area contributed by atoms with E-state index in [0.29, 0.717) is 5.15 Å². The zero-order valence-corrected chi connectivity index (χ0v) is 11.5. The van der Waals surface area contributed by atoms with E-state index in [2.05, 4.69) is 38.0 Å². The maximum Gasteiger partial charge on any atom is 0.131 e. The van der Waals surface area contributed by atoms with Gasteiger partial charge in [-0.1, -0.05) is 17.7 Å². The molecule has 1 aliphatic rings. The second kappa shape index (κ2) is 4.14. The third-order valence-corrected chi connectivity index (χ3v) is 3.32. The number of pyridine rings is 1. The van der Waals surface area contributed by atoms with Crippen molar-refractivity contribution in [1.82, 2.24) is 4.98 Å². The van der Waals surface area contributed by atoms with Crippen LogP contribution < -0.4 is 5.32 Å². The van der Waals surface area contributed by atoms with Crippen LogP contribution in [-0.2, 0) is 4.74 Å². The molecule has 2 rings (SSSR count). The Morgan fingerprint density at radius 2 is 2.06 bits per heavy atom. The molecule has 3 nitrogen and oxygen atoms in total. The number of nitrogens with one attached hydrogen (secondary N) is 1. The van der Waals surface area contributed by atoms with Crippen LogP contribution in [0, 0.1) is 0 Å². The van der Waals surface area contributed by atoms with Crippen LogP contribution in [-0.4, -0.2) is 22.2 Å². The van der Waals surface area contributed by atoms with E-state index in [0.717, 1.165) is 12.2 Å². The lowest BCUT2D eigenvalue weighted by molar-refractivity contribution is -0.0662. The molecule has 1 aromatic rings.